The number of nitrogens with one attached hydrogen (secondary N) is 1. The third kappa shape index (κ3) is 2.01. The Balaban J connectivity index is 2.74. The fourth-order valence-corrected chi connectivity index (χ4v) is 1.02. The van der Waals surface area contributed by atoms with Crippen molar-refractivity contribution in [3.05, 3.63) is 5.82 Å². The molecule has 0 radical (unpaired) electrons. The number of H-pyrrole nitrogens is 1. The number of hydrogen-bond donors (Lipinski definition) is 1. The van der Waals surface area contributed by atoms with E-state index in [-0.39, 0.29) is 5.82 Å². The van der Waals surface area contributed by atoms with Crippen LogP contribution in [0.4, 0.5) is 0 Å². The molecule has 1 rings (SSSR count). The van der Waals surface area contributed by atoms with Crippen molar-refractivity contribution in [1.29, 1.82) is 0 Å². The van der Waals surface area contributed by atoms with Crippen LogP contribution >= 0.6 is 8.20 Å². The fourth-order valence-electron chi connectivity index (χ4n) is 0.695. The van der Waals surface area contributed by atoms with Crippen LogP contribution in [0.2, 0.25) is 0 Å². The van der Waals surface area contributed by atoms with E-state index in [0.29, 0.717) is 6.61 Å². The molecule has 0 amide bonds. The molecule has 0 aliphatic carbocycles. The summed E-state index contributed by atoms with van der Waals surface area (Å²) < 4.78 is 4.73. The van der Waals surface area contributed by atoms with Gasteiger partial charge in [0, 0.05) is 0 Å². The average Bonchev–Trinajstić information content (AvgIpc) is 2.52. The maximum absolute atomic E-state index is 11.0. The number of aromatic nitrogens is 2. The first kappa shape index (κ1) is 9.14. The summed E-state index contributed by atoms with van der Waals surface area (Å²) in [4.78, 5) is 17.6. The van der Waals surface area contributed by atoms with Crippen LogP contribution in [0.25, 0.3) is 0 Å². The molecule has 1 heterocycles. The maximum atomic E-state index is 11.0. The van der Waals surface area contributed by atoms with Crippen LogP contribution < -0.4 is 5.33 Å². The molecule has 12 heavy (non-hydrogen) atoms. The van der Waals surface area contributed by atoms with E-state index in [1.165, 1.54) is 0 Å². The first-order chi connectivity index (χ1) is 5.77. The molecule has 1 aromatic heterocycles. The van der Waals surface area contributed by atoms with E-state index < -0.39 is 5.97 Å². The van der Waals surface area contributed by atoms with Crippen molar-refractivity contribution in [2.75, 3.05) is 6.61 Å². The van der Waals surface area contributed by atoms with Crippen LogP contribution in [-0.2, 0) is 4.74 Å². The molecule has 0 saturated heterocycles. The van der Waals surface area contributed by atoms with Crippen molar-refractivity contribution < 1.29 is 9.53 Å². The molecule has 0 spiro atoms. The van der Waals surface area contributed by atoms with Gasteiger partial charge in [-0.3, -0.25) is 0 Å². The van der Waals surface area contributed by atoms with Crippen molar-refractivity contribution in [3.8, 4) is 0 Å². The minimum absolute atomic E-state index is 0.239. The molecule has 0 aliphatic heterocycles. The van der Waals surface area contributed by atoms with E-state index in [1.807, 2.05) is 0 Å². The van der Waals surface area contributed by atoms with E-state index >= 15 is 0 Å². The van der Waals surface area contributed by atoms with Crippen LogP contribution in [0.5, 0.6) is 0 Å². The summed E-state index contributed by atoms with van der Waals surface area (Å²) in [6, 6.07) is 0. The van der Waals surface area contributed by atoms with Crippen molar-refractivity contribution in [2.45, 2.75) is 6.92 Å². The number of ether oxygens (including phenoxy) is 1. The Morgan fingerprint density at radius 1 is 1.92 bits per heavy atom. The summed E-state index contributed by atoms with van der Waals surface area (Å²) in [7, 11) is 2.38. The third-order valence-electron chi connectivity index (χ3n) is 1.20. The molecule has 0 aromatic carbocycles. The number of carbonyl (C=O) groups excluding carboxylic acids is 1. The predicted octanol–water partition coefficient (Wildman–Crippen LogP) is -0.0720. The van der Waals surface area contributed by atoms with E-state index in [9.17, 15) is 4.79 Å². The van der Waals surface area contributed by atoms with Gasteiger partial charge in [0.05, 0.1) is 0 Å². The van der Waals surface area contributed by atoms with Crippen molar-refractivity contribution in [1.82, 2.24) is 9.88 Å². The van der Waals surface area contributed by atoms with Gasteiger partial charge in [-0.25, -0.2) is 0 Å². The molecule has 1 aromatic rings. The number of carbonyl (C=O) groups is 1. The monoisotopic (exact) mass is 182 g/mol. The Hall–Kier alpha value is -0.955. The molecule has 0 saturated carbocycles. The van der Waals surface area contributed by atoms with E-state index in [0.717, 1.165) is 13.5 Å². The number of hydrogen-bond acceptors (Lipinski definition) is 3. The van der Waals surface area contributed by atoms with Crippen LogP contribution in [0.3, 0.4) is 0 Å². The van der Waals surface area contributed by atoms with Gasteiger partial charge in [0.25, 0.3) is 0 Å². The molecular formula is C6H8BN2O2P. The van der Waals surface area contributed by atoms with Gasteiger partial charge in [0.1, 0.15) is 0 Å². The molecule has 6 heteroatoms. The molecule has 1 N–H and O–H groups in total. The summed E-state index contributed by atoms with van der Waals surface area (Å²) in [5.74, 6) is -0.185. The normalized spacial score (nSPS) is 9.75. The minimum atomic E-state index is -0.424. The Morgan fingerprint density at radius 3 is 3.17 bits per heavy atom. The van der Waals surface area contributed by atoms with E-state index in [2.05, 4.69) is 16.2 Å². The number of aromatic amines is 1. The zero-order chi connectivity index (χ0) is 8.97. The summed E-state index contributed by atoms with van der Waals surface area (Å²) in [5, 5.41) is 0.804. The van der Waals surface area contributed by atoms with Gasteiger partial charge < -0.3 is 0 Å². The molecule has 0 aliphatic rings. The Labute approximate surface area is 72.4 Å². The zero-order valence-electron chi connectivity index (χ0n) is 6.70. The molecule has 4 nitrogen and oxygen atoms in total. The second kappa shape index (κ2) is 4.17. The van der Waals surface area contributed by atoms with Gasteiger partial charge in [0.2, 0.25) is 0 Å². The van der Waals surface area contributed by atoms with Crippen LogP contribution in [0.1, 0.15) is 17.5 Å². The topological polar surface area (TPSA) is 55.0 Å². The molecular weight excluding hydrogens is 174 g/mol. The summed E-state index contributed by atoms with van der Waals surface area (Å²) in [5.41, 5.74) is 0. The molecule has 0 bridgehead atoms. The van der Waals surface area contributed by atoms with E-state index in [1.54, 1.807) is 14.0 Å². The SMILES string of the molecule is C=Pc1bnc(C(=O)OCC)[nH]1. The number of esters is 1. The number of rotatable bonds is 3. The second-order valence-corrected chi connectivity index (χ2v) is 2.79. The van der Waals surface area contributed by atoms with Gasteiger partial charge in [-0.1, -0.05) is 0 Å². The first-order valence-corrected chi connectivity index (χ1v) is 4.54. The Bertz CT molecular complexity index is 299. The summed E-state index contributed by atoms with van der Waals surface area (Å²) >= 11 is 0. The van der Waals surface area contributed by atoms with Crippen molar-refractivity contribution in [2.24, 2.45) is 0 Å². The Kier molecular flexibility index (Phi) is 3.17. The van der Waals surface area contributed by atoms with Crippen LogP contribution in [0, 0.1) is 0 Å². The van der Waals surface area contributed by atoms with Gasteiger partial charge in [-0.2, -0.15) is 0 Å². The third-order valence-corrected chi connectivity index (χ3v) is 1.77. The van der Waals surface area contributed by atoms with E-state index in [4.69, 9.17) is 4.74 Å². The Morgan fingerprint density at radius 2 is 2.67 bits per heavy atom. The molecule has 0 fully saturated rings. The van der Waals surface area contributed by atoms with Crippen molar-refractivity contribution >= 4 is 32.9 Å². The second-order valence-electron chi connectivity index (χ2n) is 2.00. The summed E-state index contributed by atoms with van der Waals surface area (Å²) in [6.07, 6.45) is 3.62. The van der Waals surface area contributed by atoms with Gasteiger partial charge in [-0.05, 0) is 0 Å². The number of nitrogens with zero attached hydrogens (tertiary/aromatic N) is 1. The van der Waals surface area contributed by atoms with Gasteiger partial charge >= 0.3 is 71.6 Å². The van der Waals surface area contributed by atoms with Crippen LogP contribution in [0.15, 0.2) is 0 Å². The molecule has 62 valence electrons. The standard InChI is InChI=1S/C6H8BN2O2P/c1-3-11-5(10)4-8-6(12-2)7-9-4/h2-3H2,1H3,(H,8,9). The van der Waals surface area contributed by atoms with Gasteiger partial charge in [-0.15, -0.1) is 0 Å². The summed E-state index contributed by atoms with van der Waals surface area (Å²) in [6.45, 7) is 2.11. The van der Waals surface area contributed by atoms with Crippen molar-refractivity contribution in [3.63, 3.8) is 0 Å². The fraction of sp³-hybridized carbons (Fsp3) is 0.333. The molecule has 0 unspecified atom stereocenters. The average molecular weight is 182 g/mol. The quantitative estimate of drug-likeness (QED) is 0.525. The van der Waals surface area contributed by atoms with Crippen LogP contribution in [-0.4, -0.2) is 35.8 Å². The predicted molar refractivity (Wildman–Crippen MR) is 49.6 cm³/mol. The first-order valence-electron chi connectivity index (χ1n) is 3.46. The molecule has 0 atom stereocenters. The zero-order valence-corrected chi connectivity index (χ0v) is 7.60. The van der Waals surface area contributed by atoms with Gasteiger partial charge in [0.15, 0.2) is 0 Å².